The zero-order valence-electron chi connectivity index (χ0n) is 13.6. The second kappa shape index (κ2) is 8.10. The number of benzene rings is 1. The largest absolute Gasteiger partial charge is 0.467 e. The van der Waals surface area contributed by atoms with Crippen LogP contribution in [-0.2, 0) is 11.3 Å². The highest BCUT2D eigenvalue weighted by molar-refractivity contribution is 5.94. The molecule has 2 aromatic rings. The summed E-state index contributed by atoms with van der Waals surface area (Å²) in [5.74, 6) is 0.449. The highest BCUT2D eigenvalue weighted by atomic mass is 16.5. The fourth-order valence-electron chi connectivity index (χ4n) is 2.81. The van der Waals surface area contributed by atoms with Gasteiger partial charge < -0.3 is 20.2 Å². The molecular formula is C18H23N3O3. The van der Waals surface area contributed by atoms with Crippen molar-refractivity contribution in [2.24, 2.45) is 5.73 Å². The highest BCUT2D eigenvalue weighted by Gasteiger charge is 2.21. The summed E-state index contributed by atoms with van der Waals surface area (Å²) in [5.41, 5.74) is 7.12. The van der Waals surface area contributed by atoms with Gasteiger partial charge in [-0.3, -0.25) is 9.69 Å². The zero-order valence-corrected chi connectivity index (χ0v) is 13.6. The van der Waals surface area contributed by atoms with E-state index in [0.29, 0.717) is 11.3 Å². The smallest absolute Gasteiger partial charge is 0.255 e. The Hall–Kier alpha value is -2.15. The standard InChI is InChI=1S/C18H23N3O3/c19-11-16-10-15(13-24-16)18(22)20-17(14-4-2-1-3-5-14)12-21-6-8-23-9-7-21/h1-5,10,13,17H,6-9,11-12,19H2,(H,20,22). The molecule has 3 N–H and O–H groups in total. The molecule has 1 aromatic carbocycles. The van der Waals surface area contributed by atoms with E-state index in [9.17, 15) is 4.79 Å². The predicted octanol–water partition coefficient (Wildman–Crippen LogP) is 1.54. The summed E-state index contributed by atoms with van der Waals surface area (Å²) in [6, 6.07) is 11.6. The SMILES string of the molecule is NCc1cc(C(=O)NC(CN2CCOCC2)c2ccccc2)co1. The third-order valence-corrected chi connectivity index (χ3v) is 4.17. The molecule has 1 saturated heterocycles. The van der Waals surface area contributed by atoms with E-state index < -0.39 is 0 Å². The molecule has 0 spiro atoms. The van der Waals surface area contributed by atoms with E-state index in [4.69, 9.17) is 14.9 Å². The van der Waals surface area contributed by atoms with Crippen molar-refractivity contribution >= 4 is 5.91 Å². The Bertz CT molecular complexity index is 651. The summed E-state index contributed by atoms with van der Waals surface area (Å²) in [6.45, 7) is 4.25. The Morgan fingerprint density at radius 1 is 1.25 bits per heavy atom. The second-order valence-corrected chi connectivity index (χ2v) is 5.86. The first-order valence-corrected chi connectivity index (χ1v) is 8.19. The molecule has 6 heteroatoms. The maximum absolute atomic E-state index is 12.5. The van der Waals surface area contributed by atoms with Gasteiger partial charge in [-0.05, 0) is 11.6 Å². The van der Waals surface area contributed by atoms with Crippen molar-refractivity contribution in [2.45, 2.75) is 12.6 Å². The Kier molecular flexibility index (Phi) is 5.63. The average molecular weight is 329 g/mol. The normalized spacial score (nSPS) is 16.7. The van der Waals surface area contributed by atoms with Crippen LogP contribution in [0.15, 0.2) is 47.1 Å². The molecule has 0 aliphatic carbocycles. The van der Waals surface area contributed by atoms with Crippen LogP contribution in [0.1, 0.15) is 27.7 Å². The summed E-state index contributed by atoms with van der Waals surface area (Å²) < 4.78 is 10.7. The number of nitrogens with two attached hydrogens (primary N) is 1. The number of amides is 1. The molecule has 1 amide bonds. The molecule has 128 valence electrons. The lowest BCUT2D eigenvalue weighted by atomic mass is 10.1. The van der Waals surface area contributed by atoms with Crippen LogP contribution in [0.2, 0.25) is 0 Å². The van der Waals surface area contributed by atoms with E-state index in [-0.39, 0.29) is 18.5 Å². The van der Waals surface area contributed by atoms with Gasteiger partial charge in [-0.2, -0.15) is 0 Å². The van der Waals surface area contributed by atoms with Crippen molar-refractivity contribution in [1.29, 1.82) is 0 Å². The van der Waals surface area contributed by atoms with Gasteiger partial charge in [0, 0.05) is 19.6 Å². The van der Waals surface area contributed by atoms with Crippen molar-refractivity contribution in [2.75, 3.05) is 32.8 Å². The third-order valence-electron chi connectivity index (χ3n) is 4.17. The first-order valence-electron chi connectivity index (χ1n) is 8.19. The van der Waals surface area contributed by atoms with Crippen LogP contribution >= 0.6 is 0 Å². The van der Waals surface area contributed by atoms with Crippen LogP contribution in [-0.4, -0.2) is 43.7 Å². The summed E-state index contributed by atoms with van der Waals surface area (Å²) in [6.07, 6.45) is 1.45. The maximum Gasteiger partial charge on any atom is 0.255 e. The fraction of sp³-hybridized carbons (Fsp3) is 0.389. The number of nitrogens with one attached hydrogen (secondary N) is 1. The number of hydrogen-bond acceptors (Lipinski definition) is 5. The van der Waals surface area contributed by atoms with E-state index in [2.05, 4.69) is 10.2 Å². The number of rotatable bonds is 6. The van der Waals surface area contributed by atoms with Gasteiger partial charge in [0.15, 0.2) is 0 Å². The van der Waals surface area contributed by atoms with Crippen LogP contribution in [0, 0.1) is 0 Å². The van der Waals surface area contributed by atoms with Gasteiger partial charge in [-0.15, -0.1) is 0 Å². The summed E-state index contributed by atoms with van der Waals surface area (Å²) >= 11 is 0. The van der Waals surface area contributed by atoms with Crippen molar-refractivity contribution < 1.29 is 13.9 Å². The molecule has 0 saturated carbocycles. The minimum absolute atomic E-state index is 0.0898. The molecule has 3 rings (SSSR count). The van der Waals surface area contributed by atoms with E-state index >= 15 is 0 Å². The van der Waals surface area contributed by atoms with Crippen molar-refractivity contribution in [1.82, 2.24) is 10.2 Å². The second-order valence-electron chi connectivity index (χ2n) is 5.86. The molecular weight excluding hydrogens is 306 g/mol. The Labute approximate surface area is 141 Å². The number of morpholine rings is 1. The fourth-order valence-corrected chi connectivity index (χ4v) is 2.81. The lowest BCUT2D eigenvalue weighted by Crippen LogP contribution is -2.43. The molecule has 1 atom stereocenters. The van der Waals surface area contributed by atoms with Crippen LogP contribution in [0.5, 0.6) is 0 Å². The quantitative estimate of drug-likeness (QED) is 0.840. The van der Waals surface area contributed by atoms with Gasteiger partial charge >= 0.3 is 0 Å². The van der Waals surface area contributed by atoms with E-state index in [1.54, 1.807) is 6.07 Å². The Balaban J connectivity index is 1.72. The van der Waals surface area contributed by atoms with Crippen molar-refractivity contribution in [3.8, 4) is 0 Å². The highest BCUT2D eigenvalue weighted by Crippen LogP contribution is 2.17. The van der Waals surface area contributed by atoms with E-state index in [0.717, 1.165) is 38.4 Å². The maximum atomic E-state index is 12.5. The van der Waals surface area contributed by atoms with Gasteiger partial charge in [0.05, 0.1) is 31.4 Å². The molecule has 1 unspecified atom stereocenters. The van der Waals surface area contributed by atoms with Crippen LogP contribution in [0.4, 0.5) is 0 Å². The predicted molar refractivity (Wildman–Crippen MR) is 90.5 cm³/mol. The topological polar surface area (TPSA) is 80.7 Å². The Morgan fingerprint density at radius 3 is 2.67 bits per heavy atom. The minimum Gasteiger partial charge on any atom is -0.467 e. The molecule has 2 heterocycles. The van der Waals surface area contributed by atoms with Crippen LogP contribution in [0.3, 0.4) is 0 Å². The molecule has 0 radical (unpaired) electrons. The molecule has 0 bridgehead atoms. The molecule has 1 fully saturated rings. The number of nitrogens with zero attached hydrogens (tertiary/aromatic N) is 1. The number of hydrogen-bond donors (Lipinski definition) is 2. The average Bonchev–Trinajstić information content (AvgIpc) is 3.12. The molecule has 24 heavy (non-hydrogen) atoms. The van der Waals surface area contributed by atoms with Gasteiger partial charge in [0.2, 0.25) is 0 Å². The number of carbonyl (C=O) groups excluding carboxylic acids is 1. The number of furan rings is 1. The monoisotopic (exact) mass is 329 g/mol. The summed E-state index contributed by atoms with van der Waals surface area (Å²) in [4.78, 5) is 14.9. The lowest BCUT2D eigenvalue weighted by Gasteiger charge is -2.31. The number of carbonyl (C=O) groups is 1. The van der Waals surface area contributed by atoms with Crippen LogP contribution < -0.4 is 11.1 Å². The molecule has 1 aromatic heterocycles. The Morgan fingerprint density at radius 2 is 2.00 bits per heavy atom. The van der Waals surface area contributed by atoms with Gasteiger partial charge in [-0.25, -0.2) is 0 Å². The van der Waals surface area contributed by atoms with Crippen LogP contribution in [0.25, 0.3) is 0 Å². The van der Waals surface area contributed by atoms with Gasteiger partial charge in [-0.1, -0.05) is 30.3 Å². The minimum atomic E-state index is -0.152. The van der Waals surface area contributed by atoms with E-state index in [1.165, 1.54) is 6.26 Å². The first-order chi connectivity index (χ1) is 11.8. The van der Waals surface area contributed by atoms with E-state index in [1.807, 2.05) is 30.3 Å². The molecule has 6 nitrogen and oxygen atoms in total. The van der Waals surface area contributed by atoms with Gasteiger partial charge in [0.25, 0.3) is 5.91 Å². The molecule has 1 aliphatic heterocycles. The van der Waals surface area contributed by atoms with Gasteiger partial charge in [0.1, 0.15) is 12.0 Å². The summed E-state index contributed by atoms with van der Waals surface area (Å²) in [5, 5.41) is 3.11. The first kappa shape index (κ1) is 16.7. The third kappa shape index (κ3) is 4.23. The summed E-state index contributed by atoms with van der Waals surface area (Å²) in [7, 11) is 0. The van der Waals surface area contributed by atoms with Crippen molar-refractivity contribution in [3.05, 3.63) is 59.5 Å². The zero-order chi connectivity index (χ0) is 16.8. The lowest BCUT2D eigenvalue weighted by molar-refractivity contribution is 0.0332. The molecule has 1 aliphatic rings. The van der Waals surface area contributed by atoms with Crippen molar-refractivity contribution in [3.63, 3.8) is 0 Å². The number of ether oxygens (including phenoxy) is 1.